The lowest BCUT2D eigenvalue weighted by atomic mass is 10.2. The third-order valence-corrected chi connectivity index (χ3v) is 4.11. The molecule has 0 atom stereocenters. The first kappa shape index (κ1) is 17.5. The van der Waals surface area contributed by atoms with Crippen molar-refractivity contribution in [3.8, 4) is 0 Å². The maximum Gasteiger partial charge on any atom is 0.335 e. The van der Waals surface area contributed by atoms with Gasteiger partial charge in [-0.2, -0.15) is 0 Å². The molecule has 3 rings (SSSR count). The summed E-state index contributed by atoms with van der Waals surface area (Å²) in [7, 11) is 1.90. The summed E-state index contributed by atoms with van der Waals surface area (Å²) in [4.78, 5) is 15.6. The zero-order valence-corrected chi connectivity index (χ0v) is 14.6. The van der Waals surface area contributed by atoms with Crippen LogP contribution in [0.25, 0.3) is 11.0 Å². The quantitative estimate of drug-likeness (QED) is 0.467. The van der Waals surface area contributed by atoms with Crippen molar-refractivity contribution in [3.63, 3.8) is 0 Å². The summed E-state index contributed by atoms with van der Waals surface area (Å²) in [5.41, 5.74) is 3.39. The molecule has 0 saturated carbocycles. The van der Waals surface area contributed by atoms with E-state index >= 15 is 0 Å². The third kappa shape index (κ3) is 3.51. The number of carboxylic acids is 1. The number of aryl methyl sites for hydroxylation is 1. The van der Waals surface area contributed by atoms with Crippen molar-refractivity contribution >= 4 is 28.6 Å². The predicted molar refractivity (Wildman–Crippen MR) is 99.9 cm³/mol. The summed E-state index contributed by atoms with van der Waals surface area (Å²) in [6, 6.07) is 12.3. The van der Waals surface area contributed by atoms with Crippen molar-refractivity contribution in [2.24, 2.45) is 7.05 Å². The zero-order valence-electron chi connectivity index (χ0n) is 14.6. The summed E-state index contributed by atoms with van der Waals surface area (Å²) >= 11 is 0. The van der Waals surface area contributed by atoms with E-state index in [4.69, 9.17) is 15.3 Å². The van der Waals surface area contributed by atoms with Gasteiger partial charge < -0.3 is 19.7 Å². The average Bonchev–Trinajstić information content (AvgIpc) is 2.96. The van der Waals surface area contributed by atoms with Crippen LogP contribution < -0.4 is 5.32 Å². The smallest absolute Gasteiger partial charge is 0.335 e. The van der Waals surface area contributed by atoms with E-state index < -0.39 is 5.97 Å². The molecule has 0 unspecified atom stereocenters. The number of ether oxygens (including phenoxy) is 1. The molecule has 3 N–H and O–H groups in total. The van der Waals surface area contributed by atoms with Crippen LogP contribution in [0.1, 0.15) is 28.7 Å². The molecule has 0 fully saturated rings. The van der Waals surface area contributed by atoms with E-state index in [1.54, 1.807) is 18.2 Å². The van der Waals surface area contributed by atoms with E-state index in [9.17, 15) is 4.79 Å². The summed E-state index contributed by atoms with van der Waals surface area (Å²) in [6.45, 7) is 2.81. The van der Waals surface area contributed by atoms with Gasteiger partial charge in [0.15, 0.2) is 0 Å². The number of rotatable bonds is 6. The molecule has 0 bridgehead atoms. The first-order chi connectivity index (χ1) is 12.5. The molecule has 2 aromatic carbocycles. The van der Waals surface area contributed by atoms with Gasteiger partial charge in [0.05, 0.1) is 29.7 Å². The number of hydrogen-bond donors (Lipinski definition) is 3. The first-order valence-electron chi connectivity index (χ1n) is 8.24. The molecule has 0 aliphatic rings. The standard InChI is InChI=1S/C19H20N4O3/c1-3-26-18(20)12-4-7-14(8-5-12)21-11-17-22-15-10-13(19(24)25)6-9-16(15)23(17)2/h4-10,20-21H,3,11H2,1-2H3,(H,24,25). The molecular formula is C19H20N4O3. The number of carbonyl (C=O) groups is 1. The Morgan fingerprint density at radius 3 is 2.58 bits per heavy atom. The lowest BCUT2D eigenvalue weighted by Crippen LogP contribution is -2.07. The number of nitrogens with one attached hydrogen (secondary N) is 2. The predicted octanol–water partition coefficient (Wildman–Crippen LogP) is 3.25. The van der Waals surface area contributed by atoms with Crippen LogP contribution in [0, 0.1) is 5.41 Å². The number of benzene rings is 2. The maximum absolute atomic E-state index is 11.1. The molecule has 26 heavy (non-hydrogen) atoms. The van der Waals surface area contributed by atoms with E-state index in [0.29, 0.717) is 18.7 Å². The first-order valence-corrected chi connectivity index (χ1v) is 8.24. The van der Waals surface area contributed by atoms with E-state index in [0.717, 1.165) is 22.6 Å². The Labute approximate surface area is 150 Å². The Kier molecular flexibility index (Phi) is 4.88. The number of fused-ring (bicyclic) bond motifs is 1. The highest BCUT2D eigenvalue weighted by molar-refractivity contribution is 5.93. The van der Waals surface area contributed by atoms with Gasteiger partial charge >= 0.3 is 5.97 Å². The van der Waals surface area contributed by atoms with Gasteiger partial charge in [-0.1, -0.05) is 0 Å². The zero-order chi connectivity index (χ0) is 18.7. The van der Waals surface area contributed by atoms with E-state index in [1.807, 2.05) is 42.8 Å². The van der Waals surface area contributed by atoms with E-state index in [1.165, 1.54) is 0 Å². The fourth-order valence-corrected chi connectivity index (χ4v) is 2.69. The molecule has 3 aromatic rings. The molecule has 0 aliphatic carbocycles. The highest BCUT2D eigenvalue weighted by Crippen LogP contribution is 2.18. The van der Waals surface area contributed by atoms with Gasteiger partial charge in [0.2, 0.25) is 5.90 Å². The SMILES string of the molecule is CCOC(=N)c1ccc(NCc2nc3cc(C(=O)O)ccc3n2C)cc1. The minimum Gasteiger partial charge on any atom is -0.478 e. The topological polar surface area (TPSA) is 100 Å². The largest absolute Gasteiger partial charge is 0.478 e. The third-order valence-electron chi connectivity index (χ3n) is 4.11. The number of aromatic nitrogens is 2. The normalized spacial score (nSPS) is 10.7. The summed E-state index contributed by atoms with van der Waals surface area (Å²) in [6.07, 6.45) is 0. The summed E-state index contributed by atoms with van der Waals surface area (Å²) in [5.74, 6) is -0.00718. The Bertz CT molecular complexity index is 961. The second kappa shape index (κ2) is 7.26. The molecule has 1 aromatic heterocycles. The van der Waals surface area contributed by atoms with Crippen LogP contribution in [0.3, 0.4) is 0 Å². The van der Waals surface area contributed by atoms with Crippen LogP contribution in [-0.4, -0.2) is 33.1 Å². The van der Waals surface area contributed by atoms with Gasteiger partial charge in [-0.05, 0) is 49.4 Å². The number of imidazole rings is 1. The van der Waals surface area contributed by atoms with Crippen LogP contribution >= 0.6 is 0 Å². The number of nitrogens with zero attached hydrogens (tertiary/aromatic N) is 2. The van der Waals surface area contributed by atoms with Crippen molar-refractivity contribution in [1.82, 2.24) is 9.55 Å². The van der Waals surface area contributed by atoms with Gasteiger partial charge in [-0.3, -0.25) is 5.41 Å². The minimum absolute atomic E-state index is 0.156. The number of aromatic carboxylic acids is 1. The fourth-order valence-electron chi connectivity index (χ4n) is 2.69. The summed E-state index contributed by atoms with van der Waals surface area (Å²) < 4.78 is 7.12. The molecule has 0 radical (unpaired) electrons. The minimum atomic E-state index is -0.963. The molecule has 7 heteroatoms. The average molecular weight is 352 g/mol. The van der Waals surface area contributed by atoms with Crippen molar-refractivity contribution in [2.75, 3.05) is 11.9 Å². The lowest BCUT2D eigenvalue weighted by molar-refractivity contribution is 0.0697. The van der Waals surface area contributed by atoms with Crippen molar-refractivity contribution in [1.29, 1.82) is 5.41 Å². The molecular weight excluding hydrogens is 332 g/mol. The Morgan fingerprint density at radius 2 is 1.92 bits per heavy atom. The molecule has 0 spiro atoms. The summed E-state index contributed by atoms with van der Waals surface area (Å²) in [5, 5.41) is 20.2. The van der Waals surface area contributed by atoms with Crippen LogP contribution in [0.15, 0.2) is 42.5 Å². The van der Waals surface area contributed by atoms with Gasteiger partial charge in [-0.25, -0.2) is 9.78 Å². The molecule has 7 nitrogen and oxygen atoms in total. The molecule has 134 valence electrons. The molecule has 0 saturated heterocycles. The van der Waals surface area contributed by atoms with E-state index in [2.05, 4.69) is 10.3 Å². The maximum atomic E-state index is 11.1. The van der Waals surface area contributed by atoms with Gasteiger partial charge in [-0.15, -0.1) is 0 Å². The van der Waals surface area contributed by atoms with Crippen molar-refractivity contribution < 1.29 is 14.6 Å². The van der Waals surface area contributed by atoms with Gasteiger partial charge in [0, 0.05) is 18.3 Å². The van der Waals surface area contributed by atoms with Gasteiger partial charge in [0.25, 0.3) is 0 Å². The molecule has 0 aliphatic heterocycles. The van der Waals surface area contributed by atoms with Gasteiger partial charge in [0.1, 0.15) is 5.82 Å². The van der Waals surface area contributed by atoms with Crippen molar-refractivity contribution in [2.45, 2.75) is 13.5 Å². The Hall–Kier alpha value is -3.35. The van der Waals surface area contributed by atoms with Crippen LogP contribution in [0.2, 0.25) is 0 Å². The van der Waals surface area contributed by atoms with Crippen molar-refractivity contribution in [3.05, 3.63) is 59.4 Å². The second-order valence-corrected chi connectivity index (χ2v) is 5.79. The van der Waals surface area contributed by atoms with Crippen LogP contribution in [-0.2, 0) is 18.3 Å². The lowest BCUT2D eigenvalue weighted by Gasteiger charge is -2.08. The highest BCUT2D eigenvalue weighted by Gasteiger charge is 2.11. The molecule has 1 heterocycles. The number of carboxylic acid groups (broad SMARTS) is 1. The number of hydrogen-bond acceptors (Lipinski definition) is 5. The monoisotopic (exact) mass is 352 g/mol. The van der Waals surface area contributed by atoms with Crippen LogP contribution in [0.4, 0.5) is 5.69 Å². The Morgan fingerprint density at radius 1 is 1.23 bits per heavy atom. The second-order valence-electron chi connectivity index (χ2n) is 5.79. The van der Waals surface area contributed by atoms with E-state index in [-0.39, 0.29) is 11.5 Å². The highest BCUT2D eigenvalue weighted by atomic mass is 16.5. The number of anilines is 1. The fraction of sp³-hybridized carbons (Fsp3) is 0.211. The molecule has 0 amide bonds. The Balaban J connectivity index is 1.74. The van der Waals surface area contributed by atoms with Crippen LogP contribution in [0.5, 0.6) is 0 Å².